The smallest absolute Gasteiger partial charge is 0.343 e. The molecule has 0 saturated heterocycles. The molecule has 4 amide bonds. The summed E-state index contributed by atoms with van der Waals surface area (Å²) in [6, 6.07) is 17.5. The summed E-state index contributed by atoms with van der Waals surface area (Å²) in [7, 11) is 0. The maximum Gasteiger partial charge on any atom is 0.343 e. The highest BCUT2D eigenvalue weighted by Crippen LogP contribution is 2.22. The first-order chi connectivity index (χ1) is 26.0. The molecule has 0 aromatic heterocycles. The van der Waals surface area contributed by atoms with Gasteiger partial charge in [-0.3, -0.25) is 38.6 Å². The zero-order valence-electron chi connectivity index (χ0n) is 29.1. The molecule has 54 heavy (non-hydrogen) atoms. The number of rotatable bonds is 18. The van der Waals surface area contributed by atoms with Gasteiger partial charge < -0.3 is 18.9 Å². The zero-order valence-corrected chi connectivity index (χ0v) is 29.1. The number of hydrogen-bond acceptors (Lipinski definition) is 12. The largest absolute Gasteiger partial charge is 0.427 e. The van der Waals surface area contributed by atoms with Crippen LogP contribution in [-0.4, -0.2) is 70.4 Å². The van der Waals surface area contributed by atoms with Crippen molar-refractivity contribution < 1.29 is 57.3 Å². The average molecular weight is 737 g/mol. The highest BCUT2D eigenvalue weighted by Gasteiger charge is 2.23. The maximum absolute atomic E-state index is 12.7. The lowest BCUT2D eigenvalue weighted by Crippen LogP contribution is -2.30. The van der Waals surface area contributed by atoms with Crippen molar-refractivity contribution in [2.75, 3.05) is 13.1 Å². The Morgan fingerprint density at radius 2 is 0.685 bits per heavy atom. The van der Waals surface area contributed by atoms with Gasteiger partial charge >= 0.3 is 23.9 Å². The van der Waals surface area contributed by atoms with Crippen molar-refractivity contribution in [2.24, 2.45) is 0 Å². The van der Waals surface area contributed by atoms with Crippen LogP contribution in [0.3, 0.4) is 0 Å². The standard InChI is InChI=1S/C40H36N2O12/c43-33-21-22-34(44)41(33)25-5-1-3-7-37(47)51-29-13-9-27(10-14-29)39(49)53-31-17-19-32(20-18-31)54-40(50)28-11-15-30(16-12-28)52-38(48)8-4-2-6-26-42-35(45)23-24-36(42)46/h9-24H,1-8,25-26H2. The summed E-state index contributed by atoms with van der Waals surface area (Å²) in [6.07, 6.45) is 8.70. The molecule has 278 valence electrons. The fourth-order valence-corrected chi connectivity index (χ4v) is 5.33. The second kappa shape index (κ2) is 18.7. The Balaban J connectivity index is 0.969. The third-order valence-electron chi connectivity index (χ3n) is 8.21. The monoisotopic (exact) mass is 736 g/mol. The number of carbonyl (C=O) groups is 8. The molecule has 0 aliphatic carbocycles. The molecule has 14 nitrogen and oxygen atoms in total. The molecule has 14 heteroatoms. The first kappa shape index (κ1) is 38.5. The fourth-order valence-electron chi connectivity index (χ4n) is 5.33. The summed E-state index contributed by atoms with van der Waals surface area (Å²) in [5.41, 5.74) is 0.423. The van der Waals surface area contributed by atoms with Crippen molar-refractivity contribution in [3.8, 4) is 23.0 Å². The first-order valence-corrected chi connectivity index (χ1v) is 17.3. The van der Waals surface area contributed by atoms with E-state index in [2.05, 4.69) is 0 Å². The zero-order chi connectivity index (χ0) is 38.5. The van der Waals surface area contributed by atoms with Gasteiger partial charge in [0.25, 0.3) is 23.6 Å². The molecule has 2 heterocycles. The Labute approximate surface area is 309 Å². The molecular formula is C40H36N2O12. The minimum absolute atomic E-state index is 0.150. The van der Waals surface area contributed by atoms with Crippen LogP contribution in [0.4, 0.5) is 0 Å². The molecule has 2 aliphatic rings. The molecule has 3 aromatic rings. The van der Waals surface area contributed by atoms with Crippen LogP contribution in [0.25, 0.3) is 0 Å². The van der Waals surface area contributed by atoms with Crippen LogP contribution in [-0.2, 0) is 28.8 Å². The Morgan fingerprint density at radius 1 is 0.389 bits per heavy atom. The second-order valence-electron chi connectivity index (χ2n) is 12.2. The van der Waals surface area contributed by atoms with Crippen LogP contribution >= 0.6 is 0 Å². The molecule has 5 rings (SSSR count). The van der Waals surface area contributed by atoms with Crippen LogP contribution in [0.1, 0.15) is 72.1 Å². The molecule has 0 spiro atoms. The molecule has 0 bridgehead atoms. The minimum atomic E-state index is -0.658. The third-order valence-corrected chi connectivity index (χ3v) is 8.21. The van der Waals surface area contributed by atoms with Crippen LogP contribution in [0, 0.1) is 0 Å². The van der Waals surface area contributed by atoms with Crippen molar-refractivity contribution in [3.05, 3.63) is 108 Å². The van der Waals surface area contributed by atoms with Gasteiger partial charge in [-0.05, 0) is 98.5 Å². The number of esters is 4. The van der Waals surface area contributed by atoms with Crippen molar-refractivity contribution in [1.29, 1.82) is 0 Å². The van der Waals surface area contributed by atoms with E-state index in [-0.39, 0.29) is 70.6 Å². The van der Waals surface area contributed by atoms with Gasteiger partial charge in [0.2, 0.25) is 0 Å². The first-order valence-electron chi connectivity index (χ1n) is 17.3. The number of benzene rings is 3. The van der Waals surface area contributed by atoms with Gasteiger partial charge in [-0.15, -0.1) is 0 Å². The van der Waals surface area contributed by atoms with Gasteiger partial charge in [0.1, 0.15) is 23.0 Å². The number of amides is 4. The lowest BCUT2D eigenvalue weighted by atomic mass is 10.2. The Bertz CT molecular complexity index is 1790. The Morgan fingerprint density at radius 3 is 1.02 bits per heavy atom. The highest BCUT2D eigenvalue weighted by molar-refractivity contribution is 6.13. The lowest BCUT2D eigenvalue weighted by Gasteiger charge is -2.13. The van der Waals surface area contributed by atoms with Gasteiger partial charge in [0, 0.05) is 50.2 Å². The van der Waals surface area contributed by atoms with Gasteiger partial charge in [-0.25, -0.2) is 9.59 Å². The van der Waals surface area contributed by atoms with E-state index in [0.717, 1.165) is 9.80 Å². The number of carbonyl (C=O) groups excluding carboxylic acids is 8. The van der Waals surface area contributed by atoms with Crippen molar-refractivity contribution >= 4 is 47.5 Å². The van der Waals surface area contributed by atoms with E-state index in [4.69, 9.17) is 18.9 Å². The number of nitrogens with zero attached hydrogens (tertiary/aromatic N) is 2. The number of ether oxygens (including phenoxy) is 4. The molecule has 2 aliphatic heterocycles. The second-order valence-corrected chi connectivity index (χ2v) is 12.2. The molecular weight excluding hydrogens is 700 g/mol. The molecule has 0 N–H and O–H groups in total. The molecule has 0 radical (unpaired) electrons. The van der Waals surface area contributed by atoms with Crippen LogP contribution in [0.15, 0.2) is 97.1 Å². The van der Waals surface area contributed by atoms with E-state index >= 15 is 0 Å². The normalized spacial score (nSPS) is 13.4. The SMILES string of the molecule is O=C(CCCCCN1C(=O)C=CC1=O)Oc1ccc(C(=O)Oc2ccc(OC(=O)c3ccc(OC(=O)CCCCCN4C(=O)C=CC4=O)cc3)cc2)cc1. The maximum atomic E-state index is 12.7. The number of imide groups is 2. The summed E-state index contributed by atoms with van der Waals surface area (Å²) in [6.45, 7) is 0.599. The molecule has 3 aromatic carbocycles. The molecule has 0 atom stereocenters. The van der Waals surface area contributed by atoms with E-state index in [9.17, 15) is 38.4 Å². The van der Waals surface area contributed by atoms with Crippen LogP contribution in [0.5, 0.6) is 23.0 Å². The molecule has 0 saturated carbocycles. The van der Waals surface area contributed by atoms with Gasteiger partial charge in [0.05, 0.1) is 11.1 Å². The molecule has 0 unspecified atom stereocenters. The van der Waals surface area contributed by atoms with Gasteiger partial charge in [0.15, 0.2) is 0 Å². The van der Waals surface area contributed by atoms with Gasteiger partial charge in [-0.2, -0.15) is 0 Å². The average Bonchev–Trinajstić information content (AvgIpc) is 3.66. The Kier molecular flexibility index (Phi) is 13.3. The number of hydrogen-bond donors (Lipinski definition) is 0. The topological polar surface area (TPSA) is 180 Å². The quantitative estimate of drug-likeness (QED) is 0.0747. The van der Waals surface area contributed by atoms with Gasteiger partial charge in [-0.1, -0.05) is 12.8 Å². The van der Waals surface area contributed by atoms with Crippen LogP contribution in [0.2, 0.25) is 0 Å². The number of unbranched alkanes of at least 4 members (excludes halogenated alkanes) is 4. The van der Waals surface area contributed by atoms with E-state index < -0.39 is 23.9 Å². The summed E-state index contributed by atoms with van der Waals surface area (Å²) in [4.78, 5) is 98.3. The van der Waals surface area contributed by atoms with Crippen molar-refractivity contribution in [1.82, 2.24) is 9.80 Å². The van der Waals surface area contributed by atoms with Crippen LogP contribution < -0.4 is 18.9 Å². The fraction of sp³-hybridized carbons (Fsp3) is 0.250. The van der Waals surface area contributed by atoms with E-state index in [1.165, 1.54) is 97.1 Å². The lowest BCUT2D eigenvalue weighted by molar-refractivity contribution is -0.138. The summed E-state index contributed by atoms with van der Waals surface area (Å²) >= 11 is 0. The predicted octanol–water partition coefficient (Wildman–Crippen LogP) is 4.91. The van der Waals surface area contributed by atoms with E-state index in [1.54, 1.807) is 0 Å². The van der Waals surface area contributed by atoms with E-state index in [1.807, 2.05) is 0 Å². The third kappa shape index (κ3) is 11.1. The van der Waals surface area contributed by atoms with E-state index in [0.29, 0.717) is 51.6 Å². The molecule has 0 fully saturated rings. The van der Waals surface area contributed by atoms with Crippen molar-refractivity contribution in [2.45, 2.75) is 51.4 Å². The highest BCUT2D eigenvalue weighted by atomic mass is 16.5. The summed E-state index contributed by atoms with van der Waals surface area (Å²) in [5, 5.41) is 0. The van der Waals surface area contributed by atoms with Crippen molar-refractivity contribution in [3.63, 3.8) is 0 Å². The Hall–Kier alpha value is -6.70. The summed E-state index contributed by atoms with van der Waals surface area (Å²) in [5.74, 6) is -2.63. The minimum Gasteiger partial charge on any atom is -0.427 e. The summed E-state index contributed by atoms with van der Waals surface area (Å²) < 4.78 is 21.4. The predicted molar refractivity (Wildman–Crippen MR) is 189 cm³/mol.